The Morgan fingerprint density at radius 1 is 0.625 bits per heavy atom. The molecule has 6 aromatic carbocycles. The lowest BCUT2D eigenvalue weighted by Crippen LogP contribution is -2.41. The first-order chi connectivity index (χ1) is 38.8. The fraction of sp³-hybridized carbons (Fsp3) is 0.270. The SMILES string of the molecule is CN1CCC(n2ccc3ccc(-c4nc(Nc5ccc6[nH]ncc6c5)c5ccccc5n4)cc32)C1.CN1CCC(n2ccc3ccc(B4OC(C)(C)C(C)(C)O4)cc32)C1.Clc1nc(Nc2ccc3c(c2)C=NC3)c2ccccc2n1. The number of anilines is 4. The highest BCUT2D eigenvalue weighted by Gasteiger charge is 2.51. The Balaban J connectivity index is 0.000000118. The number of nitrogens with one attached hydrogen (secondary N) is 3. The Hall–Kier alpha value is -7.99. The summed E-state index contributed by atoms with van der Waals surface area (Å²) >= 11 is 6.00. The highest BCUT2D eigenvalue weighted by molar-refractivity contribution is 6.62. The lowest BCUT2D eigenvalue weighted by molar-refractivity contribution is 0.00578. The lowest BCUT2D eigenvalue weighted by Gasteiger charge is -2.32. The molecule has 0 aliphatic carbocycles. The van der Waals surface area contributed by atoms with Crippen LogP contribution in [-0.2, 0) is 15.9 Å². The van der Waals surface area contributed by atoms with Crippen molar-refractivity contribution < 1.29 is 9.31 Å². The predicted molar refractivity (Wildman–Crippen MR) is 325 cm³/mol. The number of hydrogen-bond acceptors (Lipinski definition) is 12. The smallest absolute Gasteiger partial charge is 0.399 e. The van der Waals surface area contributed by atoms with Crippen molar-refractivity contribution in [1.29, 1.82) is 0 Å². The van der Waals surface area contributed by atoms with E-state index in [1.165, 1.54) is 46.8 Å². The number of aliphatic imine (C=N–C) groups is 1. The number of hydrogen-bond donors (Lipinski definition) is 3. The maximum atomic E-state index is 6.22. The summed E-state index contributed by atoms with van der Waals surface area (Å²) in [6.45, 7) is 13.7. The van der Waals surface area contributed by atoms with E-state index >= 15 is 0 Å². The number of para-hydroxylation sites is 2. The van der Waals surface area contributed by atoms with Gasteiger partial charge in [-0.3, -0.25) is 10.1 Å². The molecule has 402 valence electrons. The summed E-state index contributed by atoms with van der Waals surface area (Å²) in [5.74, 6) is 2.22. The Bertz CT molecular complexity index is 4140. The molecule has 0 radical (unpaired) electrons. The zero-order valence-corrected chi connectivity index (χ0v) is 46.6. The van der Waals surface area contributed by atoms with E-state index in [1.54, 1.807) is 0 Å². The van der Waals surface area contributed by atoms with Gasteiger partial charge in [-0.25, -0.2) is 15.0 Å². The Labute approximate surface area is 470 Å². The summed E-state index contributed by atoms with van der Waals surface area (Å²) in [6, 6.07) is 46.8. The van der Waals surface area contributed by atoms with Crippen LogP contribution in [0.2, 0.25) is 5.28 Å². The van der Waals surface area contributed by atoms with Gasteiger partial charge in [-0.05, 0) is 186 Å². The van der Waals surface area contributed by atoms with Gasteiger partial charge in [-0.2, -0.15) is 10.1 Å². The van der Waals surface area contributed by atoms with Gasteiger partial charge >= 0.3 is 7.12 Å². The summed E-state index contributed by atoms with van der Waals surface area (Å²) in [5, 5.41) is 19.7. The van der Waals surface area contributed by atoms with E-state index in [4.69, 9.17) is 30.9 Å². The Morgan fingerprint density at radius 3 is 1.91 bits per heavy atom. The molecule has 3 fully saturated rings. The third-order valence-corrected chi connectivity index (χ3v) is 16.7. The van der Waals surface area contributed by atoms with Gasteiger partial charge in [0, 0.05) is 87.9 Å². The zero-order valence-electron chi connectivity index (χ0n) is 45.9. The normalized spacial score (nSPS) is 18.5. The third-order valence-electron chi connectivity index (χ3n) is 16.6. The van der Waals surface area contributed by atoms with Crippen molar-refractivity contribution in [2.45, 2.75) is 70.4 Å². The molecule has 3 N–H and O–H groups in total. The Kier molecular flexibility index (Phi) is 13.5. The summed E-state index contributed by atoms with van der Waals surface area (Å²) in [7, 11) is 4.09. The van der Waals surface area contributed by atoms with E-state index < -0.39 is 0 Å². The highest BCUT2D eigenvalue weighted by Crippen LogP contribution is 2.38. The van der Waals surface area contributed by atoms with Crippen LogP contribution in [0.3, 0.4) is 0 Å². The van der Waals surface area contributed by atoms with Gasteiger partial charge in [0.05, 0.1) is 40.5 Å². The van der Waals surface area contributed by atoms with Gasteiger partial charge in [0.15, 0.2) is 5.82 Å². The number of benzene rings is 6. The molecule has 0 amide bonds. The fourth-order valence-corrected chi connectivity index (χ4v) is 11.6. The number of aromatic nitrogens is 8. The van der Waals surface area contributed by atoms with E-state index in [9.17, 15) is 0 Å². The molecule has 17 heteroatoms. The first-order valence-corrected chi connectivity index (χ1v) is 27.9. The van der Waals surface area contributed by atoms with Gasteiger partial charge in [0.1, 0.15) is 11.6 Å². The van der Waals surface area contributed by atoms with Crippen molar-refractivity contribution in [2.75, 3.05) is 50.9 Å². The van der Waals surface area contributed by atoms with Crippen LogP contribution in [0.25, 0.3) is 65.9 Å². The van der Waals surface area contributed by atoms with Crippen molar-refractivity contribution in [1.82, 2.24) is 49.1 Å². The number of H-pyrrole nitrogens is 1. The van der Waals surface area contributed by atoms with Crippen molar-refractivity contribution >= 4 is 108 Å². The van der Waals surface area contributed by atoms with Gasteiger partial charge in [0.2, 0.25) is 5.28 Å². The number of halogens is 1. The first-order valence-electron chi connectivity index (χ1n) is 27.5. The van der Waals surface area contributed by atoms with Crippen LogP contribution in [-0.4, -0.2) is 114 Å². The third kappa shape index (κ3) is 10.2. The number of nitrogens with zero attached hydrogens (tertiary/aromatic N) is 10. The number of rotatable bonds is 8. The van der Waals surface area contributed by atoms with Crippen LogP contribution < -0.4 is 16.1 Å². The molecule has 3 saturated heterocycles. The van der Waals surface area contributed by atoms with Gasteiger partial charge in [-0.1, -0.05) is 54.6 Å². The van der Waals surface area contributed by atoms with Gasteiger partial charge in [-0.15, -0.1) is 0 Å². The second-order valence-electron chi connectivity index (χ2n) is 22.6. The van der Waals surface area contributed by atoms with Crippen LogP contribution >= 0.6 is 11.6 Å². The summed E-state index contributed by atoms with van der Waals surface area (Å²) < 4.78 is 17.3. The number of likely N-dealkylation sites (tertiary alicyclic amines) is 2. The van der Waals surface area contributed by atoms with Gasteiger partial charge in [0.25, 0.3) is 0 Å². The minimum atomic E-state index is -0.303. The molecule has 0 bridgehead atoms. The molecule has 15 nitrogen and oxygen atoms in total. The molecule has 9 heterocycles. The highest BCUT2D eigenvalue weighted by atomic mass is 35.5. The minimum absolute atomic E-state index is 0.235. The largest absolute Gasteiger partial charge is 0.494 e. The van der Waals surface area contributed by atoms with E-state index in [0.29, 0.717) is 23.7 Å². The monoisotopic (exact) mass is 1080 g/mol. The Morgan fingerprint density at radius 2 is 1.24 bits per heavy atom. The van der Waals surface area contributed by atoms with Gasteiger partial charge < -0.3 is 38.9 Å². The average molecular weight is 1080 g/mol. The van der Waals surface area contributed by atoms with Crippen LogP contribution in [0.4, 0.5) is 23.0 Å². The second kappa shape index (κ2) is 20.9. The summed E-state index contributed by atoms with van der Waals surface area (Å²) in [4.78, 5) is 27.5. The van der Waals surface area contributed by atoms with Crippen LogP contribution in [0.15, 0.2) is 157 Å². The van der Waals surface area contributed by atoms with Crippen LogP contribution in [0, 0.1) is 0 Å². The molecule has 4 aliphatic rings. The molecule has 0 spiro atoms. The second-order valence-corrected chi connectivity index (χ2v) is 23.0. The predicted octanol–water partition coefficient (Wildman–Crippen LogP) is 12.5. The molecular formula is C63H63BClN13O2. The first kappa shape index (κ1) is 51.5. The van der Waals surface area contributed by atoms with Crippen molar-refractivity contribution in [3.63, 3.8) is 0 Å². The number of likely N-dealkylation sites (N-methyl/N-ethyl adjacent to an activating group) is 2. The zero-order chi connectivity index (χ0) is 54.7. The summed E-state index contributed by atoms with van der Waals surface area (Å²) in [5.41, 5.74) is 11.1. The molecule has 11 aromatic rings. The molecule has 2 unspecified atom stereocenters. The quantitative estimate of drug-likeness (QED) is 0.0985. The summed E-state index contributed by atoms with van der Waals surface area (Å²) in [6.07, 6.45) is 10.6. The van der Waals surface area contributed by atoms with E-state index in [-0.39, 0.29) is 23.6 Å². The van der Waals surface area contributed by atoms with E-state index in [0.717, 1.165) is 92.7 Å². The molecule has 4 aliphatic heterocycles. The maximum Gasteiger partial charge on any atom is 0.494 e. The number of fused-ring (bicyclic) bond motifs is 6. The van der Waals surface area contributed by atoms with Crippen molar-refractivity contribution in [2.24, 2.45) is 4.99 Å². The van der Waals surface area contributed by atoms with E-state index in [2.05, 4.69) is 182 Å². The van der Waals surface area contributed by atoms with Crippen molar-refractivity contribution in [3.8, 4) is 11.4 Å². The van der Waals surface area contributed by atoms with E-state index in [1.807, 2.05) is 73.1 Å². The van der Waals surface area contributed by atoms with Crippen molar-refractivity contribution in [3.05, 3.63) is 168 Å². The molecule has 5 aromatic heterocycles. The minimum Gasteiger partial charge on any atom is -0.399 e. The maximum absolute atomic E-state index is 6.22. The molecular weight excluding hydrogens is 1020 g/mol. The fourth-order valence-electron chi connectivity index (χ4n) is 11.4. The lowest BCUT2D eigenvalue weighted by atomic mass is 9.79. The number of aromatic amines is 1. The molecule has 0 saturated carbocycles. The topological polar surface area (TPSA) is 151 Å². The molecule has 2 atom stereocenters. The van der Waals surface area contributed by atoms with Crippen LogP contribution in [0.5, 0.6) is 0 Å². The average Bonchev–Trinajstić information content (AvgIpc) is 4.38. The van der Waals surface area contributed by atoms with Crippen LogP contribution in [0.1, 0.15) is 63.7 Å². The molecule has 15 rings (SSSR count). The molecule has 80 heavy (non-hydrogen) atoms. The standard InChI is InChI=1S/C28H25N7.C19H27BN2O2.C16H11ClN4/c1-34-12-11-22(17-34)35-13-10-18-6-7-19(15-26(18)35)27-31-25-5-3-2-4-23(25)28(32-27)30-21-8-9-24-20(14-21)16-29-33-24;1-18(2)19(3,4)24-20(23-18)15-7-6-14-8-11-22(17(14)12-15)16-9-10-21(5)13-16;17-16-20-14-4-2-1-3-13(14)15(21-16)19-12-6-5-10-8-18-9-11(10)7-12/h2-10,13-16,22H,11-12,17H2,1H3,(H,29,33)(H,30,31,32);6-8,11-12,16H,9-10,13H2,1-5H3;1-7,9H,8H2,(H,19,20,21).